The van der Waals surface area contributed by atoms with Crippen LogP contribution in [0.2, 0.25) is 19.6 Å². The van der Waals surface area contributed by atoms with Crippen LogP contribution in [-0.2, 0) is 4.74 Å². The lowest BCUT2D eigenvalue weighted by molar-refractivity contribution is 0.0522. The molecule has 2 aromatic rings. The first-order valence-electron chi connectivity index (χ1n) is 6.51. The molecular weight excluding hydrogens is 256 g/mol. The SMILES string of the molecule is CCOC(=O)c1n[nH]c2cc(C)cc([Si](C)(C)C)c12. The van der Waals surface area contributed by atoms with Gasteiger partial charge in [-0.3, -0.25) is 5.10 Å². The van der Waals surface area contributed by atoms with Crippen LogP contribution in [0.15, 0.2) is 12.1 Å². The van der Waals surface area contributed by atoms with Crippen molar-refractivity contribution in [2.24, 2.45) is 0 Å². The summed E-state index contributed by atoms with van der Waals surface area (Å²) in [6.07, 6.45) is 0. The van der Waals surface area contributed by atoms with Crippen molar-refractivity contribution >= 4 is 30.1 Å². The summed E-state index contributed by atoms with van der Waals surface area (Å²) in [6.45, 7) is 11.0. The number of aryl methyl sites for hydroxylation is 1. The third-order valence-corrected chi connectivity index (χ3v) is 5.09. The number of H-pyrrole nitrogens is 1. The molecule has 0 radical (unpaired) electrons. The van der Waals surface area contributed by atoms with Crippen LogP contribution in [0, 0.1) is 6.92 Å². The summed E-state index contributed by atoms with van der Waals surface area (Å²) in [6, 6.07) is 4.20. The zero-order valence-electron chi connectivity index (χ0n) is 12.1. The third-order valence-electron chi connectivity index (χ3n) is 3.08. The Morgan fingerprint density at radius 2 is 2.05 bits per heavy atom. The van der Waals surface area contributed by atoms with E-state index in [1.165, 1.54) is 10.8 Å². The van der Waals surface area contributed by atoms with Gasteiger partial charge in [0.1, 0.15) is 0 Å². The maximum absolute atomic E-state index is 12.0. The number of aromatic amines is 1. The van der Waals surface area contributed by atoms with Gasteiger partial charge in [0.05, 0.1) is 20.2 Å². The average molecular weight is 276 g/mol. The number of fused-ring (bicyclic) bond motifs is 1. The van der Waals surface area contributed by atoms with E-state index in [-0.39, 0.29) is 5.97 Å². The molecule has 102 valence electrons. The van der Waals surface area contributed by atoms with E-state index >= 15 is 0 Å². The van der Waals surface area contributed by atoms with Gasteiger partial charge in [0.25, 0.3) is 0 Å². The molecule has 19 heavy (non-hydrogen) atoms. The lowest BCUT2D eigenvalue weighted by atomic mass is 10.1. The molecule has 1 aromatic carbocycles. The zero-order valence-corrected chi connectivity index (χ0v) is 13.1. The highest BCUT2D eigenvalue weighted by Crippen LogP contribution is 2.20. The highest BCUT2D eigenvalue weighted by atomic mass is 28.3. The zero-order chi connectivity index (χ0) is 14.2. The van der Waals surface area contributed by atoms with Gasteiger partial charge in [0, 0.05) is 5.39 Å². The topological polar surface area (TPSA) is 55.0 Å². The fourth-order valence-electron chi connectivity index (χ4n) is 2.24. The van der Waals surface area contributed by atoms with Crippen LogP contribution in [0.5, 0.6) is 0 Å². The van der Waals surface area contributed by atoms with Crippen LogP contribution in [0.4, 0.5) is 0 Å². The highest BCUT2D eigenvalue weighted by molar-refractivity contribution is 6.90. The molecule has 0 atom stereocenters. The Morgan fingerprint density at radius 1 is 1.37 bits per heavy atom. The van der Waals surface area contributed by atoms with Gasteiger partial charge in [-0.1, -0.05) is 25.7 Å². The molecule has 0 aliphatic rings. The maximum Gasteiger partial charge on any atom is 0.359 e. The Morgan fingerprint density at radius 3 is 2.63 bits per heavy atom. The molecule has 0 aliphatic carbocycles. The summed E-state index contributed by atoms with van der Waals surface area (Å²) in [5.41, 5.74) is 2.51. The van der Waals surface area contributed by atoms with Crippen LogP contribution >= 0.6 is 0 Å². The van der Waals surface area contributed by atoms with E-state index in [9.17, 15) is 4.79 Å². The molecule has 0 amide bonds. The quantitative estimate of drug-likeness (QED) is 0.692. The van der Waals surface area contributed by atoms with Crippen LogP contribution < -0.4 is 5.19 Å². The largest absolute Gasteiger partial charge is 0.461 e. The van der Waals surface area contributed by atoms with Gasteiger partial charge in [-0.25, -0.2) is 4.79 Å². The Kier molecular flexibility index (Phi) is 3.49. The number of nitrogens with one attached hydrogen (secondary N) is 1. The first-order chi connectivity index (χ1) is 8.84. The fourth-order valence-corrected chi connectivity index (χ4v) is 3.90. The summed E-state index contributed by atoms with van der Waals surface area (Å²) in [5.74, 6) is -0.350. The molecule has 0 saturated carbocycles. The number of ether oxygens (including phenoxy) is 1. The predicted molar refractivity (Wildman–Crippen MR) is 79.8 cm³/mol. The summed E-state index contributed by atoms with van der Waals surface area (Å²) < 4.78 is 5.09. The van der Waals surface area contributed by atoms with Gasteiger partial charge >= 0.3 is 5.97 Å². The number of carbonyl (C=O) groups is 1. The highest BCUT2D eigenvalue weighted by Gasteiger charge is 2.25. The molecule has 0 bridgehead atoms. The molecule has 4 nitrogen and oxygen atoms in total. The Bertz CT molecular complexity index is 626. The number of aromatic nitrogens is 2. The Labute approximate surface area is 114 Å². The lowest BCUT2D eigenvalue weighted by Crippen LogP contribution is -2.38. The van der Waals surface area contributed by atoms with E-state index in [0.29, 0.717) is 12.3 Å². The smallest absolute Gasteiger partial charge is 0.359 e. The number of benzene rings is 1. The summed E-state index contributed by atoms with van der Waals surface area (Å²) in [5, 5.41) is 9.29. The Balaban J connectivity index is 2.72. The van der Waals surface area contributed by atoms with E-state index in [0.717, 1.165) is 10.9 Å². The first kappa shape index (κ1) is 13.8. The van der Waals surface area contributed by atoms with Crippen molar-refractivity contribution < 1.29 is 9.53 Å². The van der Waals surface area contributed by atoms with Gasteiger partial charge in [0.15, 0.2) is 5.69 Å². The first-order valence-corrected chi connectivity index (χ1v) is 10.0. The van der Waals surface area contributed by atoms with E-state index in [4.69, 9.17) is 4.74 Å². The molecule has 2 rings (SSSR count). The van der Waals surface area contributed by atoms with Crippen LogP contribution in [0.1, 0.15) is 23.0 Å². The van der Waals surface area contributed by atoms with Gasteiger partial charge in [-0.15, -0.1) is 0 Å². The van der Waals surface area contributed by atoms with E-state index in [1.54, 1.807) is 6.92 Å². The van der Waals surface area contributed by atoms with E-state index < -0.39 is 8.07 Å². The average Bonchev–Trinajstić information content (AvgIpc) is 2.70. The molecule has 0 fully saturated rings. The number of nitrogens with zero attached hydrogens (tertiary/aromatic N) is 1. The summed E-state index contributed by atoms with van der Waals surface area (Å²) in [4.78, 5) is 12.0. The second kappa shape index (κ2) is 4.81. The van der Waals surface area contributed by atoms with Gasteiger partial charge in [-0.05, 0) is 30.7 Å². The second-order valence-electron chi connectivity index (χ2n) is 5.78. The van der Waals surface area contributed by atoms with Crippen LogP contribution in [-0.4, -0.2) is 30.8 Å². The minimum absolute atomic E-state index is 0.350. The molecule has 0 unspecified atom stereocenters. The second-order valence-corrected chi connectivity index (χ2v) is 10.8. The van der Waals surface area contributed by atoms with E-state index in [2.05, 4.69) is 42.8 Å². The van der Waals surface area contributed by atoms with Crippen molar-refractivity contribution in [2.45, 2.75) is 33.5 Å². The molecule has 0 spiro atoms. The number of hydrogen-bond acceptors (Lipinski definition) is 3. The molecule has 1 N–H and O–H groups in total. The van der Waals surface area contributed by atoms with Crippen molar-refractivity contribution in [3.05, 3.63) is 23.4 Å². The third kappa shape index (κ3) is 2.56. The number of hydrogen-bond donors (Lipinski definition) is 1. The van der Waals surface area contributed by atoms with Crippen molar-refractivity contribution in [3.63, 3.8) is 0 Å². The van der Waals surface area contributed by atoms with Crippen LogP contribution in [0.25, 0.3) is 10.9 Å². The van der Waals surface area contributed by atoms with Gasteiger partial charge in [-0.2, -0.15) is 5.10 Å². The van der Waals surface area contributed by atoms with Gasteiger partial charge in [0.2, 0.25) is 0 Å². The minimum atomic E-state index is -1.56. The predicted octanol–water partition coefficient (Wildman–Crippen LogP) is 2.59. The normalized spacial score (nSPS) is 11.8. The van der Waals surface area contributed by atoms with Crippen molar-refractivity contribution in [2.75, 3.05) is 6.61 Å². The summed E-state index contributed by atoms with van der Waals surface area (Å²) >= 11 is 0. The maximum atomic E-state index is 12.0. The molecule has 5 heteroatoms. The van der Waals surface area contributed by atoms with Gasteiger partial charge < -0.3 is 4.74 Å². The standard InChI is InChI=1S/C14H20N2O2Si/c1-6-18-14(17)13-12-10(15-16-13)7-9(2)8-11(12)19(3,4)5/h7-8H,6H2,1-5H3,(H,15,16). The van der Waals surface area contributed by atoms with Crippen molar-refractivity contribution in [1.82, 2.24) is 10.2 Å². The molecule has 1 aromatic heterocycles. The molecule has 0 saturated heterocycles. The fraction of sp³-hybridized carbons (Fsp3) is 0.429. The molecular formula is C14H20N2O2Si. The van der Waals surface area contributed by atoms with Crippen LogP contribution in [0.3, 0.4) is 0 Å². The number of rotatable bonds is 3. The lowest BCUT2D eigenvalue weighted by Gasteiger charge is -2.19. The van der Waals surface area contributed by atoms with E-state index in [1.807, 2.05) is 6.07 Å². The number of carbonyl (C=O) groups excluding carboxylic acids is 1. The van der Waals surface area contributed by atoms with Crippen molar-refractivity contribution in [3.8, 4) is 0 Å². The minimum Gasteiger partial charge on any atom is -0.461 e. The monoisotopic (exact) mass is 276 g/mol. The number of esters is 1. The van der Waals surface area contributed by atoms with Crippen molar-refractivity contribution in [1.29, 1.82) is 0 Å². The molecule has 0 aliphatic heterocycles. The Hall–Kier alpha value is -1.62. The summed E-state index contributed by atoms with van der Waals surface area (Å²) in [7, 11) is -1.56. The molecule has 1 heterocycles.